The normalized spacial score (nSPS) is 13.8. The van der Waals surface area contributed by atoms with Crippen molar-refractivity contribution in [2.24, 2.45) is 0 Å². The molecule has 0 bridgehead atoms. The van der Waals surface area contributed by atoms with Crippen LogP contribution < -0.4 is 51.4 Å². The van der Waals surface area contributed by atoms with Crippen molar-refractivity contribution in [3.63, 3.8) is 0 Å². The Balaban J connectivity index is 0. The van der Waals surface area contributed by atoms with Crippen molar-refractivity contribution in [3.05, 3.63) is 0 Å². The van der Waals surface area contributed by atoms with Gasteiger partial charge >= 0.3 is 51.4 Å². The van der Waals surface area contributed by atoms with E-state index in [1.807, 2.05) is 0 Å². The Morgan fingerprint density at radius 3 is 1.31 bits per heavy atom. The smallest absolute Gasteiger partial charge is 0.748 e. The van der Waals surface area contributed by atoms with E-state index in [2.05, 4.69) is 13.8 Å². The Bertz CT molecular complexity index is 429. The van der Waals surface area contributed by atoms with Crippen LogP contribution >= 0.6 is 0 Å². The van der Waals surface area contributed by atoms with E-state index in [4.69, 9.17) is 0 Å². The van der Waals surface area contributed by atoms with Crippen molar-refractivity contribution in [1.82, 2.24) is 0 Å². The molecule has 0 aromatic heterocycles. The minimum absolute atomic E-state index is 0. The minimum Gasteiger partial charge on any atom is -0.748 e. The van der Waals surface area contributed by atoms with E-state index in [0.29, 0.717) is 12.8 Å². The molecule has 2 atom stereocenters. The SMILES string of the molecule is CCCCCCCCC(O)CCCCCCCC(CCCCCC)S(=O)(=O)[O-].[K+]. The number of aliphatic hydroxyl groups is 1. The van der Waals surface area contributed by atoms with Crippen LogP contribution in [-0.4, -0.2) is 29.4 Å². The van der Waals surface area contributed by atoms with Crippen LogP contribution in [0.25, 0.3) is 0 Å². The van der Waals surface area contributed by atoms with Gasteiger partial charge in [-0.2, -0.15) is 0 Å². The summed E-state index contributed by atoms with van der Waals surface area (Å²) < 4.78 is 34.2. The summed E-state index contributed by atoms with van der Waals surface area (Å²) in [6.45, 7) is 4.35. The summed E-state index contributed by atoms with van der Waals surface area (Å²) in [4.78, 5) is 0. The molecule has 0 aliphatic rings. The molecule has 0 saturated heterocycles. The number of rotatable bonds is 21. The molecule has 0 spiro atoms. The topological polar surface area (TPSA) is 77.4 Å². The van der Waals surface area contributed by atoms with Crippen LogP contribution in [-0.2, 0) is 10.1 Å². The summed E-state index contributed by atoms with van der Waals surface area (Å²) in [7, 11) is -4.16. The number of unbranched alkanes of at least 4 members (excludes halogenated alkanes) is 12. The van der Waals surface area contributed by atoms with Crippen molar-refractivity contribution in [2.45, 2.75) is 147 Å². The first-order valence-corrected chi connectivity index (χ1v) is 13.5. The fourth-order valence-electron chi connectivity index (χ4n) is 3.82. The maximum atomic E-state index is 11.4. The maximum Gasteiger partial charge on any atom is 1.00 e. The molecule has 0 aromatic carbocycles. The number of aliphatic hydroxyl groups excluding tert-OH is 1. The third-order valence-corrected chi connectivity index (χ3v) is 7.03. The van der Waals surface area contributed by atoms with E-state index in [1.54, 1.807) is 0 Å². The van der Waals surface area contributed by atoms with Gasteiger partial charge in [0.05, 0.1) is 16.2 Å². The molecule has 2 unspecified atom stereocenters. The van der Waals surface area contributed by atoms with Crippen LogP contribution in [0.3, 0.4) is 0 Å². The van der Waals surface area contributed by atoms with Gasteiger partial charge in [0.2, 0.25) is 0 Å². The van der Waals surface area contributed by atoms with Gasteiger partial charge < -0.3 is 9.66 Å². The first kappa shape index (κ1) is 32.7. The Labute approximate surface area is 224 Å². The molecule has 6 heteroatoms. The fourth-order valence-corrected chi connectivity index (χ4v) is 4.73. The minimum atomic E-state index is -4.16. The van der Waals surface area contributed by atoms with Gasteiger partial charge in [-0.15, -0.1) is 0 Å². The molecule has 29 heavy (non-hydrogen) atoms. The molecule has 1 N–H and O–H groups in total. The first-order chi connectivity index (χ1) is 13.4. The van der Waals surface area contributed by atoms with E-state index < -0.39 is 15.4 Å². The fraction of sp³-hybridized carbons (Fsp3) is 1.00. The third-order valence-electron chi connectivity index (χ3n) is 5.74. The molecule has 0 heterocycles. The van der Waals surface area contributed by atoms with Crippen LogP contribution in [0, 0.1) is 0 Å². The molecule has 0 saturated carbocycles. The molecule has 4 nitrogen and oxygen atoms in total. The van der Waals surface area contributed by atoms with Crippen molar-refractivity contribution >= 4 is 10.1 Å². The molecule has 0 aliphatic carbocycles. The second-order valence-electron chi connectivity index (χ2n) is 8.52. The zero-order valence-corrected chi connectivity index (χ0v) is 23.6. The van der Waals surface area contributed by atoms with Gasteiger partial charge in [0.25, 0.3) is 0 Å². The summed E-state index contributed by atoms with van der Waals surface area (Å²) in [5.74, 6) is 0. The van der Waals surface area contributed by atoms with Gasteiger partial charge in [0, 0.05) is 5.25 Å². The second kappa shape index (κ2) is 22.7. The van der Waals surface area contributed by atoms with Crippen LogP contribution in [0.15, 0.2) is 0 Å². The average Bonchev–Trinajstić information content (AvgIpc) is 2.64. The predicted molar refractivity (Wildman–Crippen MR) is 119 cm³/mol. The second-order valence-corrected chi connectivity index (χ2v) is 10.2. The Kier molecular flexibility index (Phi) is 25.6. The molecule has 0 fully saturated rings. The number of hydrogen-bond acceptors (Lipinski definition) is 4. The molecule has 0 aliphatic heterocycles. The standard InChI is InChI=1S/C23H48O4S.K/c1-3-5-7-9-11-14-18-22(24)19-15-12-10-13-17-21-23(28(25,26)27)20-16-8-6-4-2;/h22-24H,3-21H2,1-2H3,(H,25,26,27);/q;+1/p-1. The van der Waals surface area contributed by atoms with Gasteiger partial charge in [-0.3, -0.25) is 0 Å². The van der Waals surface area contributed by atoms with Crippen LogP contribution in [0.2, 0.25) is 0 Å². The molecule has 0 amide bonds. The van der Waals surface area contributed by atoms with E-state index >= 15 is 0 Å². The predicted octanol–water partition coefficient (Wildman–Crippen LogP) is 3.72. The average molecular weight is 459 g/mol. The Hall–Kier alpha value is 1.51. The van der Waals surface area contributed by atoms with Crippen LogP contribution in [0.4, 0.5) is 0 Å². The Morgan fingerprint density at radius 2 is 0.931 bits per heavy atom. The van der Waals surface area contributed by atoms with Gasteiger partial charge in [0.15, 0.2) is 0 Å². The first-order valence-electron chi connectivity index (χ1n) is 12.0. The number of hydrogen-bond donors (Lipinski definition) is 1. The Morgan fingerprint density at radius 1 is 0.621 bits per heavy atom. The van der Waals surface area contributed by atoms with E-state index in [9.17, 15) is 18.1 Å². The quantitative estimate of drug-likeness (QED) is 0.162. The van der Waals surface area contributed by atoms with Gasteiger partial charge in [-0.05, 0) is 25.7 Å². The van der Waals surface area contributed by atoms with E-state index in [0.717, 1.165) is 77.0 Å². The van der Waals surface area contributed by atoms with Gasteiger partial charge in [0.1, 0.15) is 0 Å². The van der Waals surface area contributed by atoms with E-state index in [-0.39, 0.29) is 57.5 Å². The maximum absolute atomic E-state index is 11.4. The third kappa shape index (κ3) is 22.5. The zero-order chi connectivity index (χ0) is 21.1. The van der Waals surface area contributed by atoms with Crippen molar-refractivity contribution < 1.29 is 69.5 Å². The van der Waals surface area contributed by atoms with E-state index in [1.165, 1.54) is 32.1 Å². The molecular weight excluding hydrogens is 411 g/mol. The van der Waals surface area contributed by atoms with Crippen molar-refractivity contribution in [2.75, 3.05) is 0 Å². The molecule has 170 valence electrons. The van der Waals surface area contributed by atoms with Crippen LogP contribution in [0.1, 0.15) is 136 Å². The summed E-state index contributed by atoms with van der Waals surface area (Å²) in [6.07, 6.45) is 19.3. The molecular formula is C23H47KO4S. The van der Waals surface area contributed by atoms with Crippen molar-refractivity contribution in [3.8, 4) is 0 Å². The molecule has 0 radical (unpaired) electrons. The molecule has 0 aromatic rings. The summed E-state index contributed by atoms with van der Waals surface area (Å²) in [5, 5.41) is 9.34. The summed E-state index contributed by atoms with van der Waals surface area (Å²) >= 11 is 0. The van der Waals surface area contributed by atoms with Gasteiger partial charge in [-0.1, -0.05) is 110 Å². The summed E-state index contributed by atoms with van der Waals surface area (Å²) in [6, 6.07) is 0. The zero-order valence-electron chi connectivity index (χ0n) is 19.7. The largest absolute Gasteiger partial charge is 1.00 e. The van der Waals surface area contributed by atoms with Crippen LogP contribution in [0.5, 0.6) is 0 Å². The summed E-state index contributed by atoms with van der Waals surface area (Å²) in [5.41, 5.74) is 0. The van der Waals surface area contributed by atoms with Gasteiger partial charge in [-0.25, -0.2) is 8.42 Å². The monoisotopic (exact) mass is 458 g/mol. The van der Waals surface area contributed by atoms with Crippen molar-refractivity contribution in [1.29, 1.82) is 0 Å². The molecule has 0 rings (SSSR count).